The van der Waals surface area contributed by atoms with E-state index in [2.05, 4.69) is 55.6 Å². The molecule has 0 fully saturated rings. The summed E-state index contributed by atoms with van der Waals surface area (Å²) in [7, 11) is -4.05. The van der Waals surface area contributed by atoms with Crippen LogP contribution in [0.5, 0.6) is 0 Å². The number of aromatic nitrogens is 1. The first kappa shape index (κ1) is 28.8. The van der Waals surface area contributed by atoms with Crippen LogP contribution in [0.15, 0.2) is 76.4 Å². The second kappa shape index (κ2) is 14.2. The number of nitrogens with one attached hydrogen (secondary N) is 1. The molecule has 0 aliphatic rings. The van der Waals surface area contributed by atoms with Gasteiger partial charge in [-0.15, -0.1) is 0 Å². The van der Waals surface area contributed by atoms with Crippen LogP contribution >= 0.6 is 11.8 Å². The van der Waals surface area contributed by atoms with Gasteiger partial charge in [0.2, 0.25) is 10.0 Å². The lowest BCUT2D eigenvalue weighted by Gasteiger charge is -2.15. The van der Waals surface area contributed by atoms with E-state index in [0.717, 1.165) is 25.7 Å². The molecule has 1 aromatic heterocycles. The first-order chi connectivity index (χ1) is 16.6. The largest absolute Gasteiger partial charge is 0.480 e. The number of sulfonamides is 1. The molecule has 1 atom stereocenters. The average molecular weight is 517 g/mol. The van der Waals surface area contributed by atoms with E-state index in [1.165, 1.54) is 40.7 Å². The van der Waals surface area contributed by atoms with Crippen molar-refractivity contribution < 1.29 is 18.3 Å². The molecular formula is C27H36N2O4S2. The fraction of sp³-hybridized carbons (Fsp3) is 0.407. The van der Waals surface area contributed by atoms with E-state index < -0.39 is 22.0 Å². The van der Waals surface area contributed by atoms with E-state index in [1.807, 2.05) is 0 Å². The fourth-order valence-electron chi connectivity index (χ4n) is 3.43. The highest BCUT2D eigenvalue weighted by Gasteiger charge is 2.26. The smallest absolute Gasteiger partial charge is 0.322 e. The van der Waals surface area contributed by atoms with Gasteiger partial charge < -0.3 is 5.11 Å². The van der Waals surface area contributed by atoms with Crippen molar-refractivity contribution in [3.63, 3.8) is 0 Å². The number of hydrogen-bond acceptors (Lipinski definition) is 5. The third kappa shape index (κ3) is 9.99. The van der Waals surface area contributed by atoms with Crippen molar-refractivity contribution >= 4 is 38.7 Å². The second-order valence-electron chi connectivity index (χ2n) is 8.84. The number of pyridine rings is 1. The molecule has 0 amide bonds. The van der Waals surface area contributed by atoms with Gasteiger partial charge in [-0.2, -0.15) is 16.5 Å². The summed E-state index contributed by atoms with van der Waals surface area (Å²) in [5, 5.41) is 10.3. The molecule has 0 spiro atoms. The Morgan fingerprint density at radius 3 is 2.37 bits per heavy atom. The zero-order valence-corrected chi connectivity index (χ0v) is 22.6. The van der Waals surface area contributed by atoms with Crippen molar-refractivity contribution in [2.24, 2.45) is 0 Å². The van der Waals surface area contributed by atoms with Gasteiger partial charge in [-0.1, -0.05) is 53.1 Å². The average Bonchev–Trinajstić information content (AvgIpc) is 2.80. The Hall–Kier alpha value is -2.42. The Kier molecular flexibility index (Phi) is 11.7. The highest BCUT2D eigenvalue weighted by atomic mass is 32.2. The quantitative estimate of drug-likeness (QED) is 0.232. The topological polar surface area (TPSA) is 96.4 Å². The van der Waals surface area contributed by atoms with Gasteiger partial charge in [-0.25, -0.2) is 8.42 Å². The Morgan fingerprint density at radius 1 is 1.03 bits per heavy atom. The van der Waals surface area contributed by atoms with Crippen molar-refractivity contribution in [1.82, 2.24) is 9.71 Å². The minimum Gasteiger partial charge on any atom is -0.480 e. The number of carbonyl (C=O) groups is 1. The normalized spacial score (nSPS) is 13.6. The first-order valence-corrected chi connectivity index (χ1v) is 14.3. The Bertz CT molecular complexity index is 1190. The van der Waals surface area contributed by atoms with Crippen LogP contribution < -0.4 is 4.72 Å². The Balaban J connectivity index is 1.88. The maximum Gasteiger partial charge on any atom is 0.322 e. The molecule has 0 bridgehead atoms. The van der Waals surface area contributed by atoms with Gasteiger partial charge in [0.25, 0.3) is 0 Å². The van der Waals surface area contributed by atoms with Crippen molar-refractivity contribution in [2.75, 3.05) is 11.5 Å². The van der Waals surface area contributed by atoms with Gasteiger partial charge in [0, 0.05) is 23.1 Å². The van der Waals surface area contributed by atoms with E-state index in [1.54, 1.807) is 24.3 Å². The minimum absolute atomic E-state index is 0.0215. The molecule has 0 radical (unpaired) electrons. The Morgan fingerprint density at radius 2 is 1.69 bits per heavy atom. The monoisotopic (exact) mass is 516 g/mol. The van der Waals surface area contributed by atoms with Gasteiger partial charge in [0.15, 0.2) is 0 Å². The van der Waals surface area contributed by atoms with Gasteiger partial charge in [-0.3, -0.25) is 9.78 Å². The number of thioether (sulfide) groups is 1. The molecule has 2 rings (SSSR count). The molecule has 6 nitrogen and oxygen atoms in total. The number of rotatable bonds is 14. The summed E-state index contributed by atoms with van der Waals surface area (Å²) in [4.78, 5) is 15.9. The third-order valence-corrected chi connectivity index (χ3v) is 7.91. The van der Waals surface area contributed by atoms with E-state index in [4.69, 9.17) is 0 Å². The standard InChI is InChI=1S/C27H36N2O4S2/c1-20(2)9-5-10-21(3)11-6-12-22(4)16-18-34-19-24(27(30)31)29-35(32,33)25-15-7-13-23-14-8-17-28-26(23)25/h7-9,11,13-17,24,29H,5-6,10,12,18-19H2,1-4H3,(H,30,31)/b21-11+,22-16+/t24-/m0/s1. The maximum atomic E-state index is 12.9. The number of carboxylic acid groups (broad SMARTS) is 1. The molecular weight excluding hydrogens is 480 g/mol. The van der Waals surface area contributed by atoms with Gasteiger partial charge in [0.1, 0.15) is 10.9 Å². The van der Waals surface area contributed by atoms with Crippen LogP contribution in [0.4, 0.5) is 0 Å². The number of fused-ring (bicyclic) bond motifs is 1. The molecule has 1 aromatic carbocycles. The molecule has 0 saturated carbocycles. The van der Waals surface area contributed by atoms with Crippen molar-refractivity contribution in [1.29, 1.82) is 0 Å². The van der Waals surface area contributed by atoms with Crippen molar-refractivity contribution in [3.8, 4) is 0 Å². The molecule has 0 aliphatic heterocycles. The highest BCUT2D eigenvalue weighted by molar-refractivity contribution is 7.99. The SMILES string of the molecule is CC(C)=CCC/C(C)=C/CC/C(C)=C/CSC[C@H](NS(=O)(=O)c1cccc2cccnc12)C(=O)O. The predicted octanol–water partition coefficient (Wildman–Crippen LogP) is 6.12. The molecule has 2 aromatic rings. The van der Waals surface area contributed by atoms with Crippen LogP contribution in [-0.2, 0) is 14.8 Å². The van der Waals surface area contributed by atoms with Gasteiger partial charge in [0.05, 0.1) is 5.52 Å². The molecule has 2 N–H and O–H groups in total. The zero-order valence-electron chi connectivity index (χ0n) is 21.0. The molecule has 35 heavy (non-hydrogen) atoms. The van der Waals surface area contributed by atoms with Crippen LogP contribution in [0.3, 0.4) is 0 Å². The second-order valence-corrected chi connectivity index (χ2v) is 11.6. The van der Waals surface area contributed by atoms with Crippen LogP contribution in [0.25, 0.3) is 10.9 Å². The first-order valence-electron chi connectivity index (χ1n) is 11.7. The molecule has 0 saturated heterocycles. The van der Waals surface area contributed by atoms with E-state index >= 15 is 0 Å². The number of aliphatic carboxylic acids is 1. The summed E-state index contributed by atoms with van der Waals surface area (Å²) in [6, 6.07) is 7.08. The van der Waals surface area contributed by atoms with Crippen LogP contribution in [-0.4, -0.2) is 42.0 Å². The number of carboxylic acids is 1. The molecule has 0 unspecified atom stereocenters. The van der Waals surface area contributed by atoms with Crippen LogP contribution in [0, 0.1) is 0 Å². The van der Waals surface area contributed by atoms with E-state index in [9.17, 15) is 18.3 Å². The number of hydrogen-bond donors (Lipinski definition) is 2. The van der Waals surface area contributed by atoms with E-state index in [-0.39, 0.29) is 10.6 Å². The summed E-state index contributed by atoms with van der Waals surface area (Å²) >= 11 is 1.39. The van der Waals surface area contributed by atoms with Crippen LogP contribution in [0.1, 0.15) is 53.4 Å². The lowest BCUT2D eigenvalue weighted by molar-refractivity contribution is -0.138. The number of nitrogens with zero attached hydrogens (tertiary/aromatic N) is 1. The molecule has 0 aliphatic carbocycles. The number of para-hydroxylation sites is 1. The molecule has 190 valence electrons. The minimum atomic E-state index is -4.05. The van der Waals surface area contributed by atoms with Gasteiger partial charge in [-0.05, 0) is 65.5 Å². The number of benzene rings is 1. The lowest BCUT2D eigenvalue weighted by Crippen LogP contribution is -2.42. The summed E-state index contributed by atoms with van der Waals surface area (Å²) in [6.45, 7) is 8.45. The number of allylic oxidation sites excluding steroid dienone is 5. The molecule has 1 heterocycles. The lowest BCUT2D eigenvalue weighted by atomic mass is 10.1. The fourth-order valence-corrected chi connectivity index (χ4v) is 5.90. The van der Waals surface area contributed by atoms with E-state index in [0.29, 0.717) is 16.7 Å². The van der Waals surface area contributed by atoms with Crippen molar-refractivity contribution in [3.05, 3.63) is 71.5 Å². The van der Waals surface area contributed by atoms with Crippen LogP contribution in [0.2, 0.25) is 0 Å². The van der Waals surface area contributed by atoms with Crippen molar-refractivity contribution in [2.45, 2.75) is 64.3 Å². The summed E-state index contributed by atoms with van der Waals surface area (Å²) in [5.41, 5.74) is 4.29. The summed E-state index contributed by atoms with van der Waals surface area (Å²) < 4.78 is 28.2. The van der Waals surface area contributed by atoms with Gasteiger partial charge >= 0.3 is 5.97 Å². The highest BCUT2D eigenvalue weighted by Crippen LogP contribution is 2.21. The third-order valence-electron chi connectivity index (χ3n) is 5.44. The zero-order chi connectivity index (χ0) is 25.8. The summed E-state index contributed by atoms with van der Waals surface area (Å²) in [5.74, 6) is -0.459. The Labute approximate surface area is 213 Å². The predicted molar refractivity (Wildman–Crippen MR) is 146 cm³/mol. The molecule has 8 heteroatoms. The maximum absolute atomic E-state index is 12.9. The summed E-state index contributed by atoms with van der Waals surface area (Å²) in [6.07, 6.45) is 12.2.